The van der Waals surface area contributed by atoms with Crippen LogP contribution in [0.3, 0.4) is 0 Å². The molecular weight excluding hydrogens is 609 g/mol. The Morgan fingerprint density at radius 2 is 1.08 bits per heavy atom. The topological polar surface area (TPSA) is 44.5 Å². The van der Waals surface area contributed by atoms with Crippen molar-refractivity contribution in [1.82, 2.24) is 27.9 Å². The smallest absolute Gasteiger partial charge is 0.278 e. The van der Waals surface area contributed by atoms with Crippen LogP contribution < -0.4 is 0 Å². The molecule has 48 heavy (non-hydrogen) atoms. The number of para-hydroxylation sites is 6. The van der Waals surface area contributed by atoms with E-state index in [-0.39, 0.29) is 0 Å². The fourth-order valence-electron chi connectivity index (χ4n) is 6.89. The van der Waals surface area contributed by atoms with E-state index in [1.807, 2.05) is 69.6 Å². The third-order valence-corrected chi connectivity index (χ3v) is 9.52. The molecule has 9 aromatic rings. The Balaban J connectivity index is 1.27. The monoisotopic (exact) mass is 642 g/mol. The molecule has 0 aliphatic rings. The summed E-state index contributed by atoms with van der Waals surface area (Å²) in [6.07, 6.45) is -7.75. The van der Waals surface area contributed by atoms with E-state index in [1.165, 1.54) is 0 Å². The predicted octanol–water partition coefficient (Wildman–Crippen LogP) is 10.0. The summed E-state index contributed by atoms with van der Waals surface area (Å²) in [6, 6.07) is 35.8. The number of aryl methyl sites for hydroxylation is 2. The molecule has 238 valence electrons. The first-order chi connectivity index (χ1) is 23.9. The van der Waals surface area contributed by atoms with E-state index < -0.39 is 24.4 Å². The van der Waals surface area contributed by atoms with E-state index in [9.17, 15) is 13.2 Å². The minimum Gasteiger partial charge on any atom is -0.278 e. The summed E-state index contributed by atoms with van der Waals surface area (Å²) in [4.78, 5) is 10.2. The van der Waals surface area contributed by atoms with Gasteiger partial charge in [0.2, 0.25) is 11.6 Å². The summed E-state index contributed by atoms with van der Waals surface area (Å²) in [5, 5.41) is 0. The zero-order valence-electron chi connectivity index (χ0n) is 28.4. The van der Waals surface area contributed by atoms with Crippen LogP contribution in [0.15, 0.2) is 109 Å². The first-order valence-corrected chi connectivity index (χ1v) is 15.8. The molecule has 0 saturated carbocycles. The van der Waals surface area contributed by atoms with Gasteiger partial charge in [0.05, 0.1) is 60.9 Å². The van der Waals surface area contributed by atoms with E-state index in [0.717, 1.165) is 69.7 Å². The molecule has 4 heterocycles. The largest absolute Gasteiger partial charge is 0.393 e. The molecule has 4 aromatic heterocycles. The van der Waals surface area contributed by atoms with E-state index in [0.29, 0.717) is 22.4 Å². The zero-order chi connectivity index (χ0) is 34.7. The van der Waals surface area contributed by atoms with Crippen LogP contribution in [0.25, 0.3) is 67.1 Å². The first-order valence-electron chi connectivity index (χ1n) is 16.8. The van der Waals surface area contributed by atoms with Crippen LogP contribution in [-0.4, -0.2) is 34.1 Å². The minimum atomic E-state index is -4.72. The lowest BCUT2D eigenvalue weighted by molar-refractivity contribution is -0.213. The highest BCUT2D eigenvalue weighted by Gasteiger charge is 2.46. The van der Waals surface area contributed by atoms with Gasteiger partial charge in [-0.1, -0.05) is 68.4 Å². The van der Waals surface area contributed by atoms with E-state index in [4.69, 9.17) is 12.7 Å². The lowest BCUT2D eigenvalue weighted by atomic mass is 9.85. The van der Waals surface area contributed by atoms with E-state index in [1.54, 1.807) is 12.1 Å². The van der Waals surface area contributed by atoms with Crippen LogP contribution in [-0.2, 0) is 6.42 Å². The van der Waals surface area contributed by atoms with Gasteiger partial charge in [0.1, 0.15) is 0 Å². The summed E-state index contributed by atoms with van der Waals surface area (Å²) < 4.78 is 67.5. The van der Waals surface area contributed by atoms with E-state index in [2.05, 4.69) is 52.3 Å². The van der Waals surface area contributed by atoms with Gasteiger partial charge in [-0.05, 0) is 85.4 Å². The number of alkyl halides is 3. The van der Waals surface area contributed by atoms with Gasteiger partial charge in [0.15, 0.2) is 0 Å². The van der Waals surface area contributed by atoms with Crippen molar-refractivity contribution >= 4 is 55.7 Å². The molecule has 9 heteroatoms. The second-order valence-electron chi connectivity index (χ2n) is 12.9. The van der Waals surface area contributed by atoms with Gasteiger partial charge in [-0.25, -0.2) is 9.97 Å². The molecule has 0 aliphatic carbocycles. The van der Waals surface area contributed by atoms with Crippen LogP contribution in [0.5, 0.6) is 0 Å². The fourth-order valence-corrected chi connectivity index (χ4v) is 6.89. The number of rotatable bonds is 5. The lowest BCUT2D eigenvalue weighted by Crippen LogP contribution is -2.32. The molecular formula is C39H31F3N6. The summed E-state index contributed by atoms with van der Waals surface area (Å²) >= 11 is 0. The van der Waals surface area contributed by atoms with Crippen molar-refractivity contribution in [3.8, 4) is 11.4 Å². The normalized spacial score (nSPS) is 13.9. The van der Waals surface area contributed by atoms with Crippen LogP contribution in [0.4, 0.5) is 13.2 Å². The molecule has 0 fully saturated rings. The average Bonchev–Trinajstić information content (AvgIpc) is 3.81. The highest BCUT2D eigenvalue weighted by atomic mass is 19.4. The van der Waals surface area contributed by atoms with Crippen molar-refractivity contribution in [2.24, 2.45) is 5.41 Å². The van der Waals surface area contributed by atoms with Crippen molar-refractivity contribution in [3.05, 3.63) is 120 Å². The number of imidazole rings is 4. The SMILES string of the molecule is [2H]C([2H])(Cc1cccc2c1nc1n(-c3cccc(-n4c5ccccc5n5c6cccc(C)c6nc45)c3)c3ccccc3n21)C(C)(C)C(F)(F)F. The Morgan fingerprint density at radius 1 is 0.604 bits per heavy atom. The van der Waals surface area contributed by atoms with Crippen LogP contribution >= 0.6 is 0 Å². The van der Waals surface area contributed by atoms with Crippen molar-refractivity contribution in [2.45, 2.75) is 39.7 Å². The van der Waals surface area contributed by atoms with Crippen molar-refractivity contribution in [3.63, 3.8) is 0 Å². The number of hydrogen-bond donors (Lipinski definition) is 0. The van der Waals surface area contributed by atoms with E-state index >= 15 is 0 Å². The van der Waals surface area contributed by atoms with Gasteiger partial charge < -0.3 is 0 Å². The molecule has 0 N–H and O–H groups in total. The van der Waals surface area contributed by atoms with Crippen molar-refractivity contribution < 1.29 is 15.9 Å². The average molecular weight is 643 g/mol. The third-order valence-electron chi connectivity index (χ3n) is 9.52. The first kappa shape index (κ1) is 26.5. The Labute approximate surface area is 276 Å². The number of halogens is 3. The van der Waals surface area contributed by atoms with Crippen LogP contribution in [0.2, 0.25) is 0 Å². The van der Waals surface area contributed by atoms with Gasteiger partial charge in [0.25, 0.3) is 0 Å². The highest BCUT2D eigenvalue weighted by molar-refractivity contribution is 5.95. The predicted molar refractivity (Wildman–Crippen MR) is 186 cm³/mol. The van der Waals surface area contributed by atoms with Gasteiger partial charge in [-0.15, -0.1) is 0 Å². The number of nitrogens with zero attached hydrogens (tertiary/aromatic N) is 6. The molecule has 0 aliphatic heterocycles. The maximum Gasteiger partial charge on any atom is 0.393 e. The molecule has 0 radical (unpaired) electrons. The lowest BCUT2D eigenvalue weighted by Gasteiger charge is -2.27. The molecule has 9 rings (SSSR count). The van der Waals surface area contributed by atoms with Gasteiger partial charge in [-0.3, -0.25) is 17.9 Å². The number of fused-ring (bicyclic) bond motifs is 10. The van der Waals surface area contributed by atoms with Gasteiger partial charge >= 0.3 is 6.18 Å². The molecule has 0 bridgehead atoms. The summed E-state index contributed by atoms with van der Waals surface area (Å²) in [5.41, 5.74) is 7.63. The van der Waals surface area contributed by atoms with Crippen molar-refractivity contribution in [2.75, 3.05) is 0 Å². The third kappa shape index (κ3) is 4.00. The maximum absolute atomic E-state index is 14.0. The Morgan fingerprint density at radius 3 is 1.67 bits per heavy atom. The van der Waals surface area contributed by atoms with Gasteiger partial charge in [-0.2, -0.15) is 13.2 Å². The molecule has 0 saturated heterocycles. The summed E-state index contributed by atoms with van der Waals surface area (Å²) in [5.74, 6) is 1.37. The number of benzene rings is 5. The molecule has 0 amide bonds. The Hall–Kier alpha value is -5.57. The molecule has 0 unspecified atom stereocenters. The van der Waals surface area contributed by atoms with Crippen molar-refractivity contribution in [1.29, 1.82) is 0 Å². The van der Waals surface area contributed by atoms with Gasteiger partial charge in [0, 0.05) is 2.74 Å². The second kappa shape index (κ2) is 9.97. The second-order valence-corrected chi connectivity index (χ2v) is 12.9. The molecule has 0 spiro atoms. The maximum atomic E-state index is 14.0. The van der Waals surface area contributed by atoms with Crippen LogP contribution in [0.1, 0.15) is 34.1 Å². The molecule has 0 atom stereocenters. The highest BCUT2D eigenvalue weighted by Crippen LogP contribution is 2.42. The number of hydrogen-bond acceptors (Lipinski definition) is 2. The van der Waals surface area contributed by atoms with Crippen LogP contribution in [0, 0.1) is 12.3 Å². The molecule has 6 nitrogen and oxygen atoms in total. The number of aromatic nitrogens is 6. The summed E-state index contributed by atoms with van der Waals surface area (Å²) in [7, 11) is 0. The standard InChI is InChI=1S/C39H31F3N6/c1-24-11-8-19-32-34(24)43-36-45(28-15-4-6-17-30(28)47(32)36)26-13-10-14-27(23-26)46-29-16-5-7-18-31(29)48-33-20-9-12-25(35(33)44-37(46)48)21-22-38(2,3)39(40,41)42/h4-20,23H,21-22H2,1-3H3/i22D2. The Kier molecular flexibility index (Phi) is 5.50. The minimum absolute atomic E-state index is 0.417. The zero-order valence-corrected chi connectivity index (χ0v) is 26.4. The fraction of sp³-hybridized carbons (Fsp3) is 0.179. The quantitative estimate of drug-likeness (QED) is 0.188. The molecule has 5 aromatic carbocycles. The summed E-state index contributed by atoms with van der Waals surface area (Å²) in [6.45, 7) is 3.90. The Bertz CT molecular complexity index is 2820.